The highest BCUT2D eigenvalue weighted by Gasteiger charge is 2.33. The van der Waals surface area contributed by atoms with Gasteiger partial charge >= 0.3 is 6.03 Å². The number of carbonyl (C=O) groups is 1. The van der Waals surface area contributed by atoms with Gasteiger partial charge in [0.2, 0.25) is 10.0 Å². The quantitative estimate of drug-likeness (QED) is 0.772. The molecule has 156 valence electrons. The van der Waals surface area contributed by atoms with Crippen molar-refractivity contribution in [2.24, 2.45) is 0 Å². The number of sulfonamides is 1. The number of benzene rings is 1. The Morgan fingerprint density at radius 2 is 1.54 bits per heavy atom. The highest BCUT2D eigenvalue weighted by Crippen LogP contribution is 2.27. The van der Waals surface area contributed by atoms with Crippen molar-refractivity contribution >= 4 is 16.1 Å². The zero-order chi connectivity index (χ0) is 20.5. The Labute approximate surface area is 169 Å². The topological polar surface area (TPSA) is 60.9 Å². The minimum atomic E-state index is -3.49. The van der Waals surface area contributed by atoms with Crippen molar-refractivity contribution in [3.05, 3.63) is 29.8 Å². The lowest BCUT2D eigenvalue weighted by atomic mass is 9.87. The van der Waals surface area contributed by atoms with E-state index in [1.54, 1.807) is 16.4 Å². The molecule has 0 unspecified atom stereocenters. The number of hydrogen-bond donors (Lipinski definition) is 0. The van der Waals surface area contributed by atoms with E-state index in [-0.39, 0.29) is 17.5 Å². The van der Waals surface area contributed by atoms with Crippen molar-refractivity contribution in [2.75, 3.05) is 33.2 Å². The van der Waals surface area contributed by atoms with Crippen LogP contribution < -0.4 is 0 Å². The molecule has 6 nitrogen and oxygen atoms in total. The van der Waals surface area contributed by atoms with Crippen LogP contribution in [0.25, 0.3) is 0 Å². The summed E-state index contributed by atoms with van der Waals surface area (Å²) in [5.74, 6) is 0. The summed E-state index contributed by atoms with van der Waals surface area (Å²) in [5, 5.41) is 0. The number of urea groups is 1. The Kier molecular flexibility index (Phi) is 6.05. The lowest BCUT2D eigenvalue weighted by molar-refractivity contribution is 0.135. The second kappa shape index (κ2) is 8.03. The van der Waals surface area contributed by atoms with Gasteiger partial charge in [-0.25, -0.2) is 13.2 Å². The van der Waals surface area contributed by atoms with Gasteiger partial charge in [-0.3, -0.25) is 0 Å². The normalized spacial score (nSPS) is 19.8. The van der Waals surface area contributed by atoms with Gasteiger partial charge in [0, 0.05) is 39.3 Å². The first-order chi connectivity index (χ1) is 13.1. The minimum Gasteiger partial charge on any atom is -0.325 e. The van der Waals surface area contributed by atoms with Gasteiger partial charge in [0.05, 0.1) is 4.90 Å². The van der Waals surface area contributed by atoms with Crippen LogP contribution in [0, 0.1) is 0 Å². The van der Waals surface area contributed by atoms with Gasteiger partial charge in [0.1, 0.15) is 0 Å². The molecule has 3 rings (SSSR count). The maximum Gasteiger partial charge on any atom is 0.319 e. The monoisotopic (exact) mass is 407 g/mol. The fourth-order valence-electron chi connectivity index (χ4n) is 4.03. The lowest BCUT2D eigenvalue weighted by Gasteiger charge is -2.37. The summed E-state index contributed by atoms with van der Waals surface area (Å²) < 4.78 is 27.6. The third-order valence-electron chi connectivity index (χ3n) is 6.01. The molecule has 2 fully saturated rings. The molecule has 2 amide bonds. The van der Waals surface area contributed by atoms with Crippen LogP contribution in [-0.4, -0.2) is 67.8 Å². The summed E-state index contributed by atoms with van der Waals surface area (Å²) in [5.41, 5.74) is 1.11. The number of rotatable bonds is 3. The smallest absolute Gasteiger partial charge is 0.319 e. The molecule has 0 atom stereocenters. The molecule has 28 heavy (non-hydrogen) atoms. The molecule has 0 saturated carbocycles. The van der Waals surface area contributed by atoms with E-state index in [9.17, 15) is 13.2 Å². The Balaban J connectivity index is 1.62. The summed E-state index contributed by atoms with van der Waals surface area (Å²) >= 11 is 0. The molecule has 0 aliphatic carbocycles. The van der Waals surface area contributed by atoms with E-state index < -0.39 is 10.0 Å². The predicted molar refractivity (Wildman–Crippen MR) is 111 cm³/mol. The Hall–Kier alpha value is -1.60. The van der Waals surface area contributed by atoms with Crippen molar-refractivity contribution in [3.63, 3.8) is 0 Å². The SMILES string of the molecule is CN(C(=O)N1CCCC1)C1CCN(S(=O)(=O)c2ccc(C(C)(C)C)cc2)CC1. The number of piperidine rings is 1. The molecular weight excluding hydrogens is 374 g/mol. The van der Waals surface area contributed by atoms with E-state index in [0.29, 0.717) is 30.8 Å². The van der Waals surface area contributed by atoms with Crippen molar-refractivity contribution in [2.45, 2.75) is 62.8 Å². The molecule has 0 radical (unpaired) electrons. The molecule has 0 N–H and O–H groups in total. The van der Waals surface area contributed by atoms with Crippen molar-refractivity contribution in [3.8, 4) is 0 Å². The van der Waals surface area contributed by atoms with Crippen LogP contribution in [0.15, 0.2) is 29.2 Å². The summed E-state index contributed by atoms with van der Waals surface area (Å²) in [7, 11) is -1.64. The van der Waals surface area contributed by atoms with E-state index >= 15 is 0 Å². The maximum atomic E-state index is 13.0. The average Bonchev–Trinajstić information content (AvgIpc) is 3.21. The average molecular weight is 408 g/mol. The summed E-state index contributed by atoms with van der Waals surface area (Å²) in [6.45, 7) is 8.91. The van der Waals surface area contributed by atoms with E-state index in [4.69, 9.17) is 0 Å². The first-order valence-corrected chi connectivity index (χ1v) is 11.7. The number of amides is 2. The first-order valence-electron chi connectivity index (χ1n) is 10.2. The van der Waals surface area contributed by atoms with Gasteiger partial charge in [-0.2, -0.15) is 4.31 Å². The van der Waals surface area contributed by atoms with Crippen molar-refractivity contribution in [1.29, 1.82) is 0 Å². The van der Waals surface area contributed by atoms with Crippen LogP contribution in [0.3, 0.4) is 0 Å². The number of hydrogen-bond acceptors (Lipinski definition) is 3. The predicted octanol–water partition coefficient (Wildman–Crippen LogP) is 3.28. The van der Waals surface area contributed by atoms with E-state index in [2.05, 4.69) is 20.8 Å². The maximum absolute atomic E-state index is 13.0. The first kappa shape index (κ1) is 21.1. The minimum absolute atomic E-state index is 0.00684. The summed E-state index contributed by atoms with van der Waals surface area (Å²) in [4.78, 5) is 16.6. The number of likely N-dealkylation sites (tertiary alicyclic amines) is 1. The Morgan fingerprint density at radius 3 is 2.04 bits per heavy atom. The molecule has 0 bridgehead atoms. The van der Waals surface area contributed by atoms with E-state index in [1.807, 2.05) is 29.0 Å². The van der Waals surface area contributed by atoms with Crippen LogP contribution in [0.5, 0.6) is 0 Å². The lowest BCUT2D eigenvalue weighted by Crippen LogP contribution is -2.50. The van der Waals surface area contributed by atoms with Gasteiger partial charge < -0.3 is 9.80 Å². The van der Waals surface area contributed by atoms with Crippen molar-refractivity contribution < 1.29 is 13.2 Å². The zero-order valence-electron chi connectivity index (χ0n) is 17.5. The van der Waals surface area contributed by atoms with Gasteiger partial charge in [0.25, 0.3) is 0 Å². The molecule has 2 aliphatic rings. The fourth-order valence-corrected chi connectivity index (χ4v) is 5.50. The molecule has 2 saturated heterocycles. The second-order valence-corrected chi connectivity index (χ2v) is 10.9. The molecule has 1 aromatic rings. The van der Waals surface area contributed by atoms with Gasteiger partial charge in [-0.1, -0.05) is 32.9 Å². The highest BCUT2D eigenvalue weighted by atomic mass is 32.2. The van der Waals surface area contributed by atoms with Crippen LogP contribution in [0.1, 0.15) is 52.0 Å². The van der Waals surface area contributed by atoms with Gasteiger partial charge in [0.15, 0.2) is 0 Å². The Bertz CT molecular complexity index is 785. The van der Waals surface area contributed by atoms with Crippen LogP contribution in [-0.2, 0) is 15.4 Å². The summed E-state index contributed by atoms with van der Waals surface area (Å²) in [6.07, 6.45) is 3.50. The second-order valence-electron chi connectivity index (χ2n) is 9.00. The van der Waals surface area contributed by atoms with Crippen molar-refractivity contribution in [1.82, 2.24) is 14.1 Å². The molecule has 0 spiro atoms. The van der Waals surface area contributed by atoms with Crippen LogP contribution >= 0.6 is 0 Å². The molecule has 0 aromatic heterocycles. The number of nitrogens with zero attached hydrogens (tertiary/aromatic N) is 3. The molecular formula is C21H33N3O3S. The van der Waals surface area contributed by atoms with E-state index in [1.165, 1.54) is 0 Å². The van der Waals surface area contributed by atoms with Gasteiger partial charge in [-0.15, -0.1) is 0 Å². The van der Waals surface area contributed by atoms with Crippen LogP contribution in [0.2, 0.25) is 0 Å². The molecule has 7 heteroatoms. The fraction of sp³-hybridized carbons (Fsp3) is 0.667. The third-order valence-corrected chi connectivity index (χ3v) is 7.92. The van der Waals surface area contributed by atoms with E-state index in [0.717, 1.165) is 31.5 Å². The number of carbonyl (C=O) groups excluding carboxylic acids is 1. The largest absolute Gasteiger partial charge is 0.325 e. The summed E-state index contributed by atoms with van der Waals surface area (Å²) in [6, 6.07) is 7.42. The van der Waals surface area contributed by atoms with Gasteiger partial charge in [-0.05, 0) is 48.8 Å². The Morgan fingerprint density at radius 1 is 1.00 bits per heavy atom. The van der Waals surface area contributed by atoms with Crippen LogP contribution in [0.4, 0.5) is 4.79 Å². The molecule has 2 aliphatic heterocycles. The molecule has 1 aromatic carbocycles. The third kappa shape index (κ3) is 4.35. The zero-order valence-corrected chi connectivity index (χ0v) is 18.3. The highest BCUT2D eigenvalue weighted by molar-refractivity contribution is 7.89. The molecule has 2 heterocycles. The standard InChI is InChI=1S/C21H33N3O3S/c1-21(2,3)17-7-9-19(10-8-17)28(26,27)24-15-11-18(12-16-24)22(4)20(25)23-13-5-6-14-23/h7-10,18H,5-6,11-16H2,1-4H3.